The highest BCUT2D eigenvalue weighted by Gasteiger charge is 2.53. The maximum atomic E-state index is 14.6. The molecule has 1 saturated carbocycles. The van der Waals surface area contributed by atoms with Crippen molar-refractivity contribution in [3.8, 4) is 21.9 Å². The molecule has 2 aromatic carbocycles. The van der Waals surface area contributed by atoms with Crippen LogP contribution in [0.15, 0.2) is 48.1 Å². The number of aromatic nitrogens is 3. The number of amides is 4. The van der Waals surface area contributed by atoms with Gasteiger partial charge in [-0.3, -0.25) is 24.1 Å². The number of aryl methyl sites for hydroxylation is 1. The van der Waals surface area contributed by atoms with E-state index in [0.717, 1.165) is 28.2 Å². The Bertz CT molecular complexity index is 2420. The van der Waals surface area contributed by atoms with Crippen LogP contribution in [0, 0.1) is 12.3 Å². The number of nitrogens with zero attached hydrogens (tertiary/aromatic N) is 6. The van der Waals surface area contributed by atoms with Gasteiger partial charge in [0.1, 0.15) is 34.4 Å². The number of piperazine rings is 1. The summed E-state index contributed by atoms with van der Waals surface area (Å²) in [7, 11) is 3.25. The lowest BCUT2D eigenvalue weighted by atomic mass is 9.85. The van der Waals surface area contributed by atoms with E-state index in [4.69, 9.17) is 21.1 Å². The number of anilines is 3. The summed E-state index contributed by atoms with van der Waals surface area (Å²) in [5.74, 6) is -0.0858. The number of likely N-dealkylation sites (tertiary alicyclic amines) is 1. The lowest BCUT2D eigenvalue weighted by Crippen LogP contribution is -2.59. The second kappa shape index (κ2) is 20.5. The fourth-order valence-corrected chi connectivity index (χ4v) is 9.04. The monoisotopic (exact) mass is 948 g/mol. The smallest absolute Gasteiger partial charge is 0.258 e. The van der Waals surface area contributed by atoms with E-state index in [1.165, 1.54) is 29.5 Å². The Morgan fingerprint density at radius 3 is 2.48 bits per heavy atom. The number of carbonyl (C=O) groups is 4. The van der Waals surface area contributed by atoms with E-state index < -0.39 is 47.0 Å². The number of ether oxygens (including phenoxy) is 2. The number of benzene rings is 2. The van der Waals surface area contributed by atoms with E-state index in [2.05, 4.69) is 41.1 Å². The van der Waals surface area contributed by atoms with E-state index >= 15 is 0 Å². The Morgan fingerprint density at radius 1 is 1.06 bits per heavy atom. The molecule has 17 nitrogen and oxygen atoms in total. The third-order valence-electron chi connectivity index (χ3n) is 12.1. The third kappa shape index (κ3) is 11.3. The minimum atomic E-state index is -1.98. The van der Waals surface area contributed by atoms with Crippen molar-refractivity contribution in [2.24, 2.45) is 5.41 Å². The fraction of sp³-hybridized carbons (Fsp3) is 0.500. The summed E-state index contributed by atoms with van der Waals surface area (Å²) in [5, 5.41) is 22.6. The number of carbonyl (C=O) groups excluding carboxylic acids is 4. The van der Waals surface area contributed by atoms with Crippen molar-refractivity contribution < 1.29 is 38.1 Å². The number of β-amino-alcohol motifs (C(OH)–C–C–N with tert-alkyl or cyclic N) is 1. The lowest BCUT2D eigenvalue weighted by Gasteiger charge is -2.35. The zero-order valence-electron chi connectivity index (χ0n) is 38.1. The molecule has 7 rings (SSSR count). The number of aliphatic hydroxyl groups excluding tert-OH is 1. The van der Waals surface area contributed by atoms with Gasteiger partial charge in [-0.15, -0.1) is 11.3 Å². The topological polar surface area (TPSA) is 203 Å². The van der Waals surface area contributed by atoms with Gasteiger partial charge in [-0.05, 0) is 61.4 Å². The first kappa shape index (κ1) is 48.3. The van der Waals surface area contributed by atoms with Crippen molar-refractivity contribution in [3.63, 3.8) is 0 Å². The van der Waals surface area contributed by atoms with Crippen LogP contribution in [0.25, 0.3) is 10.4 Å². The molecule has 1 unspecified atom stereocenters. The Labute approximate surface area is 392 Å². The van der Waals surface area contributed by atoms with Crippen molar-refractivity contribution in [2.75, 3.05) is 70.7 Å². The molecule has 66 heavy (non-hydrogen) atoms. The molecule has 1 aliphatic carbocycles. The van der Waals surface area contributed by atoms with Gasteiger partial charge in [0.25, 0.3) is 11.8 Å². The molecule has 2 saturated heterocycles. The number of rotatable bonds is 17. The largest absolute Gasteiger partial charge is 0.495 e. The van der Waals surface area contributed by atoms with Crippen molar-refractivity contribution in [2.45, 2.75) is 83.8 Å². The van der Waals surface area contributed by atoms with Gasteiger partial charge in [-0.2, -0.15) is 4.98 Å². The molecule has 354 valence electrons. The van der Waals surface area contributed by atoms with Gasteiger partial charge in [0, 0.05) is 70.4 Å². The van der Waals surface area contributed by atoms with Crippen LogP contribution in [0.2, 0.25) is 5.02 Å². The average molecular weight is 950 g/mol. The maximum absolute atomic E-state index is 14.6. The molecule has 0 spiro atoms. The predicted molar refractivity (Wildman–Crippen MR) is 250 cm³/mol. The highest BCUT2D eigenvalue weighted by Crippen LogP contribution is 2.41. The van der Waals surface area contributed by atoms with Gasteiger partial charge < -0.3 is 45.6 Å². The molecule has 4 aromatic rings. The summed E-state index contributed by atoms with van der Waals surface area (Å²) < 4.78 is 26.7. The highest BCUT2D eigenvalue weighted by atomic mass is 35.5. The first-order chi connectivity index (χ1) is 31.5. The molecule has 3 fully saturated rings. The number of hydrogen-bond donors (Lipinski definition) is 5. The van der Waals surface area contributed by atoms with Crippen molar-refractivity contribution in [1.29, 1.82) is 0 Å². The molecule has 3 aliphatic rings. The molecular weight excluding hydrogens is 891 g/mol. The minimum absolute atomic E-state index is 0.0185. The van der Waals surface area contributed by atoms with Crippen LogP contribution in [-0.2, 0) is 20.9 Å². The molecule has 4 amide bonds. The van der Waals surface area contributed by atoms with E-state index in [9.17, 15) is 28.7 Å². The number of methoxy groups -OCH3 is 1. The van der Waals surface area contributed by atoms with E-state index in [0.29, 0.717) is 78.7 Å². The molecule has 20 heteroatoms. The Morgan fingerprint density at radius 2 is 1.82 bits per heavy atom. The summed E-state index contributed by atoms with van der Waals surface area (Å²) in [5.41, 5.74) is 2.65. The van der Waals surface area contributed by atoms with Gasteiger partial charge >= 0.3 is 0 Å². The molecule has 2 aromatic heterocycles. The SMILES string of the molecule is CNc1nc(Nc2ccc(C(=O)N3CCN(CCCOc4cc(-c5scnc5C)ccc4CNC(=O)C4C[C@@H](O)CN4C(=O)[C@@H](NC(=O)C4(F)CC4)C(C)(C)C)CC3)cc2OC)ncc1Cl. The summed E-state index contributed by atoms with van der Waals surface area (Å²) in [6.45, 7) is 10.8. The number of alkyl halides is 1. The van der Waals surface area contributed by atoms with E-state index in [-0.39, 0.29) is 38.3 Å². The maximum Gasteiger partial charge on any atom is 0.258 e. The van der Waals surface area contributed by atoms with Crippen LogP contribution in [0.3, 0.4) is 0 Å². The summed E-state index contributed by atoms with van der Waals surface area (Å²) in [6.07, 6.45) is 1.47. The zero-order chi connectivity index (χ0) is 47.3. The third-order valence-corrected chi connectivity index (χ3v) is 13.3. The molecule has 0 radical (unpaired) electrons. The molecule has 5 N–H and O–H groups in total. The Hall–Kier alpha value is -5.63. The van der Waals surface area contributed by atoms with Crippen LogP contribution in [-0.4, -0.2) is 142 Å². The number of nitrogens with one attached hydrogen (secondary N) is 4. The van der Waals surface area contributed by atoms with Crippen LogP contribution in [0.4, 0.5) is 21.8 Å². The minimum Gasteiger partial charge on any atom is -0.495 e. The van der Waals surface area contributed by atoms with E-state index in [1.54, 1.807) is 51.5 Å². The number of hydrogen-bond acceptors (Lipinski definition) is 14. The van der Waals surface area contributed by atoms with Gasteiger partial charge in [0.05, 0.1) is 47.8 Å². The molecular formula is C46H58ClFN10O7S. The van der Waals surface area contributed by atoms with Crippen LogP contribution >= 0.6 is 22.9 Å². The van der Waals surface area contributed by atoms with Gasteiger partial charge in [-0.1, -0.05) is 44.5 Å². The fourth-order valence-electron chi connectivity index (χ4n) is 8.05. The standard InChI is InChI=1S/C46H58ClFN10O7S/c1-27-37(66-26-52-27)28-8-9-30(23-50-40(60)34-22-31(59)25-58(34)42(62)38(45(2,3)4)54-43(63)46(48)12-13-46)35(20-28)65-19-7-14-56-15-17-57(18-16-56)41(61)29-10-11-33(36(21-29)64-6)53-44-51-24-32(47)39(49-5)55-44/h8-11,20-21,24,26,31,34,38,59H,7,12-19,22-23,25H2,1-6H3,(H,50,60)(H,54,63)(H2,49,51,53,55)/t31-,34?,38-/m1/s1. The molecule has 2 aliphatic heterocycles. The van der Waals surface area contributed by atoms with Gasteiger partial charge in [-0.25, -0.2) is 14.4 Å². The van der Waals surface area contributed by atoms with Gasteiger partial charge in [0.15, 0.2) is 5.67 Å². The molecule has 0 bridgehead atoms. The second-order valence-electron chi connectivity index (χ2n) is 18.0. The zero-order valence-corrected chi connectivity index (χ0v) is 39.7. The van der Waals surface area contributed by atoms with Crippen LogP contribution in [0.5, 0.6) is 11.5 Å². The summed E-state index contributed by atoms with van der Waals surface area (Å²) in [4.78, 5) is 73.5. The first-order valence-electron chi connectivity index (χ1n) is 22.1. The van der Waals surface area contributed by atoms with Crippen molar-refractivity contribution in [3.05, 3.63) is 69.9 Å². The number of aliphatic hydroxyl groups is 1. The normalized spacial score (nSPS) is 18.6. The van der Waals surface area contributed by atoms with Gasteiger partial charge in [0.2, 0.25) is 17.8 Å². The quantitative estimate of drug-likeness (QED) is 0.0867. The average Bonchev–Trinajstić information content (AvgIpc) is 3.71. The number of halogens is 2. The van der Waals surface area contributed by atoms with Crippen LogP contribution < -0.4 is 30.7 Å². The first-order valence-corrected chi connectivity index (χ1v) is 23.3. The molecule has 3 atom stereocenters. The molecule has 4 heterocycles. The van der Waals surface area contributed by atoms with Crippen molar-refractivity contribution >= 4 is 64.0 Å². The predicted octanol–water partition coefficient (Wildman–Crippen LogP) is 5.19. The lowest BCUT2D eigenvalue weighted by molar-refractivity contribution is -0.145. The number of thiazole rings is 1. The highest BCUT2D eigenvalue weighted by molar-refractivity contribution is 7.13. The Kier molecular flexibility index (Phi) is 15.0. The second-order valence-corrected chi connectivity index (χ2v) is 19.2. The Balaban J connectivity index is 0.934. The summed E-state index contributed by atoms with van der Waals surface area (Å²) >= 11 is 7.65. The van der Waals surface area contributed by atoms with E-state index in [1.807, 2.05) is 30.0 Å². The van der Waals surface area contributed by atoms with Crippen molar-refractivity contribution in [1.82, 2.24) is 40.3 Å². The summed E-state index contributed by atoms with van der Waals surface area (Å²) in [6, 6.07) is 8.91. The van der Waals surface area contributed by atoms with Crippen LogP contribution in [0.1, 0.15) is 68.1 Å².